The molecule has 0 bridgehead atoms. The number of hydrogen-bond donors (Lipinski definition) is 2. The summed E-state index contributed by atoms with van der Waals surface area (Å²) >= 11 is 0. The average Bonchev–Trinajstić information content (AvgIpc) is 3.16. The lowest BCUT2D eigenvalue weighted by atomic mass is 9.68. The van der Waals surface area contributed by atoms with E-state index < -0.39 is 15.9 Å². The van der Waals surface area contributed by atoms with E-state index in [9.17, 15) is 17.6 Å². The summed E-state index contributed by atoms with van der Waals surface area (Å²) in [5.74, 6) is -0.398. The number of amides is 1. The summed E-state index contributed by atoms with van der Waals surface area (Å²) in [4.78, 5) is 16.6. The van der Waals surface area contributed by atoms with E-state index in [1.54, 1.807) is 13.0 Å². The summed E-state index contributed by atoms with van der Waals surface area (Å²) in [6.45, 7) is 5.31. The van der Waals surface area contributed by atoms with Crippen LogP contribution in [0.4, 0.5) is 10.1 Å². The van der Waals surface area contributed by atoms with Crippen molar-refractivity contribution in [2.45, 2.75) is 56.5 Å². The van der Waals surface area contributed by atoms with Crippen molar-refractivity contribution >= 4 is 21.7 Å². The Morgan fingerprint density at radius 3 is 2.34 bits per heavy atom. The van der Waals surface area contributed by atoms with Crippen molar-refractivity contribution in [1.82, 2.24) is 10.2 Å². The van der Waals surface area contributed by atoms with E-state index in [4.69, 9.17) is 9.81 Å². The second kappa shape index (κ2) is 11.4. The number of hydrogen-bond acceptors (Lipinski definition) is 6. The molecule has 204 valence electrons. The van der Waals surface area contributed by atoms with E-state index in [-0.39, 0.29) is 22.9 Å². The highest BCUT2D eigenvalue weighted by Crippen LogP contribution is 2.53. The van der Waals surface area contributed by atoms with Gasteiger partial charge in [-0.1, -0.05) is 24.3 Å². The molecule has 0 aromatic heterocycles. The Bertz CT molecular complexity index is 1300. The number of anilines is 1. The molecule has 2 aromatic rings. The minimum Gasteiger partial charge on any atom is -0.369 e. The molecule has 1 spiro atoms. The summed E-state index contributed by atoms with van der Waals surface area (Å²) in [7, 11) is -3.67. The summed E-state index contributed by atoms with van der Waals surface area (Å²) in [6.07, 6.45) is 6.39. The van der Waals surface area contributed by atoms with Crippen LogP contribution in [-0.2, 0) is 20.3 Å². The number of nitriles is 1. The predicted molar refractivity (Wildman–Crippen MR) is 144 cm³/mol. The zero-order valence-corrected chi connectivity index (χ0v) is 22.7. The molecule has 1 aliphatic heterocycles. The number of benzene rings is 2. The Hall–Kier alpha value is -3.00. The molecular formula is C28H35FN4O4S. The summed E-state index contributed by atoms with van der Waals surface area (Å²) in [5, 5.41) is 12.1. The van der Waals surface area contributed by atoms with Gasteiger partial charge in [-0.15, -0.1) is 0 Å². The molecule has 1 amide bonds. The number of nitrogens with one attached hydrogen (secondary N) is 1. The van der Waals surface area contributed by atoms with E-state index in [0.29, 0.717) is 12.3 Å². The van der Waals surface area contributed by atoms with E-state index in [2.05, 4.69) is 39.4 Å². The second-order valence-corrected chi connectivity index (χ2v) is 12.1. The van der Waals surface area contributed by atoms with Gasteiger partial charge in [0.25, 0.3) is 10.1 Å². The topological polar surface area (TPSA) is 114 Å². The van der Waals surface area contributed by atoms with Gasteiger partial charge >= 0.3 is 0 Å². The van der Waals surface area contributed by atoms with Gasteiger partial charge in [-0.3, -0.25) is 14.2 Å². The molecule has 38 heavy (non-hydrogen) atoms. The zero-order chi connectivity index (χ0) is 27.5. The standard InChI is InChI=1S/C27H31FN4O.CH4O3S/c1-19(33)30-26-17-27(24-5-3-2-4-23(24)26)10-8-21(9-11-27)31-12-14-32(15-13-31)22-7-6-20(18-29)25(28)16-22;1-5(2,3)4/h2-7,16,21,26H,8-15,17H2,1H3,(H,30,33);1H3,(H,2,3,4)/t21?,26-,27?;/m0./s1. The van der Waals surface area contributed by atoms with Gasteiger partial charge in [0.2, 0.25) is 5.91 Å². The molecule has 2 N–H and O–H groups in total. The number of carbonyl (C=O) groups excluding carboxylic acids is 1. The molecule has 2 fully saturated rings. The van der Waals surface area contributed by atoms with Gasteiger partial charge < -0.3 is 10.2 Å². The number of nitrogens with zero attached hydrogens (tertiary/aromatic N) is 3. The van der Waals surface area contributed by atoms with Crippen molar-refractivity contribution in [2.75, 3.05) is 37.3 Å². The summed E-state index contributed by atoms with van der Waals surface area (Å²) in [6, 6.07) is 16.2. The van der Waals surface area contributed by atoms with Crippen LogP contribution in [0.25, 0.3) is 0 Å². The molecule has 1 saturated heterocycles. The molecular weight excluding hydrogens is 507 g/mol. The molecule has 1 heterocycles. The summed E-state index contributed by atoms with van der Waals surface area (Å²) < 4.78 is 39.9. The minimum absolute atomic E-state index is 0.0422. The Morgan fingerprint density at radius 2 is 1.76 bits per heavy atom. The first-order chi connectivity index (χ1) is 18.0. The molecule has 0 unspecified atom stereocenters. The maximum absolute atomic E-state index is 14.0. The average molecular weight is 543 g/mol. The summed E-state index contributed by atoms with van der Waals surface area (Å²) in [5.41, 5.74) is 3.88. The number of halogens is 1. The molecule has 2 aliphatic carbocycles. The fourth-order valence-electron chi connectivity index (χ4n) is 6.40. The lowest BCUT2D eigenvalue weighted by Crippen LogP contribution is -2.52. The van der Waals surface area contributed by atoms with Crippen LogP contribution in [-0.4, -0.2) is 62.3 Å². The molecule has 2 aromatic carbocycles. The van der Waals surface area contributed by atoms with E-state index in [1.807, 2.05) is 12.1 Å². The SMILES string of the molecule is CC(=O)N[C@H]1CC2(CCC(N3CCN(c4ccc(C#N)c(F)c4)CC3)CC2)c2ccccc21.CS(=O)(=O)O. The maximum Gasteiger partial charge on any atom is 0.261 e. The molecule has 8 nitrogen and oxygen atoms in total. The molecule has 10 heteroatoms. The van der Waals surface area contributed by atoms with Gasteiger partial charge in [0, 0.05) is 44.8 Å². The van der Waals surface area contributed by atoms with Crippen molar-refractivity contribution < 1.29 is 22.2 Å². The minimum atomic E-state index is -3.67. The third kappa shape index (κ3) is 6.52. The number of fused-ring (bicyclic) bond motifs is 2. The Balaban J connectivity index is 0.000000617. The highest BCUT2D eigenvalue weighted by Gasteiger charge is 2.46. The third-order valence-electron chi connectivity index (χ3n) is 8.06. The predicted octanol–water partition coefficient (Wildman–Crippen LogP) is 3.78. The molecule has 1 saturated carbocycles. The Morgan fingerprint density at radius 1 is 1.13 bits per heavy atom. The van der Waals surface area contributed by atoms with Gasteiger partial charge in [0.05, 0.1) is 17.9 Å². The highest BCUT2D eigenvalue weighted by atomic mass is 32.2. The van der Waals surface area contributed by atoms with Crippen LogP contribution in [0.1, 0.15) is 61.8 Å². The van der Waals surface area contributed by atoms with E-state index in [0.717, 1.165) is 51.1 Å². The van der Waals surface area contributed by atoms with Gasteiger partial charge in [0.1, 0.15) is 11.9 Å². The quantitative estimate of drug-likeness (QED) is 0.568. The van der Waals surface area contributed by atoms with E-state index >= 15 is 0 Å². The van der Waals surface area contributed by atoms with Crippen LogP contribution in [0.2, 0.25) is 0 Å². The Kier molecular flexibility index (Phi) is 8.40. The number of piperazine rings is 1. The van der Waals surface area contributed by atoms with E-state index in [1.165, 1.54) is 30.0 Å². The number of carbonyl (C=O) groups is 1. The van der Waals surface area contributed by atoms with Crippen molar-refractivity contribution in [1.29, 1.82) is 5.26 Å². The van der Waals surface area contributed by atoms with Crippen LogP contribution in [0, 0.1) is 17.1 Å². The third-order valence-corrected chi connectivity index (χ3v) is 8.06. The molecule has 5 rings (SSSR count). The first-order valence-corrected chi connectivity index (χ1v) is 14.8. The van der Waals surface area contributed by atoms with Crippen LogP contribution < -0.4 is 10.2 Å². The molecule has 3 aliphatic rings. The monoisotopic (exact) mass is 542 g/mol. The van der Waals surface area contributed by atoms with Crippen LogP contribution in [0.5, 0.6) is 0 Å². The van der Waals surface area contributed by atoms with Gasteiger partial charge in [-0.2, -0.15) is 13.7 Å². The normalized spacial score (nSPS) is 25.2. The first-order valence-electron chi connectivity index (χ1n) is 13.0. The highest BCUT2D eigenvalue weighted by molar-refractivity contribution is 7.85. The fraction of sp³-hybridized carbons (Fsp3) is 0.500. The largest absolute Gasteiger partial charge is 0.369 e. The van der Waals surface area contributed by atoms with Gasteiger partial charge in [-0.05, 0) is 66.8 Å². The smallest absolute Gasteiger partial charge is 0.261 e. The van der Waals surface area contributed by atoms with Gasteiger partial charge in [-0.25, -0.2) is 4.39 Å². The number of rotatable bonds is 3. The van der Waals surface area contributed by atoms with Crippen LogP contribution in [0.3, 0.4) is 0 Å². The zero-order valence-electron chi connectivity index (χ0n) is 21.9. The first kappa shape index (κ1) is 28.0. The van der Waals surface area contributed by atoms with Crippen LogP contribution >= 0.6 is 0 Å². The second-order valence-electron chi connectivity index (χ2n) is 10.6. The van der Waals surface area contributed by atoms with Gasteiger partial charge in [0.15, 0.2) is 0 Å². The lowest BCUT2D eigenvalue weighted by molar-refractivity contribution is -0.119. The van der Waals surface area contributed by atoms with Crippen molar-refractivity contribution in [3.8, 4) is 6.07 Å². The fourth-order valence-corrected chi connectivity index (χ4v) is 6.40. The van der Waals surface area contributed by atoms with Crippen LogP contribution in [0.15, 0.2) is 42.5 Å². The maximum atomic E-state index is 14.0. The molecule has 1 atom stereocenters. The Labute approximate surface area is 224 Å². The van der Waals surface area contributed by atoms with Crippen molar-refractivity contribution in [3.05, 3.63) is 65.0 Å². The van der Waals surface area contributed by atoms with Crippen molar-refractivity contribution in [3.63, 3.8) is 0 Å². The van der Waals surface area contributed by atoms with Crippen molar-refractivity contribution in [2.24, 2.45) is 0 Å². The molecule has 0 radical (unpaired) electrons. The lowest BCUT2D eigenvalue weighted by Gasteiger charge is -2.45.